The number of rotatable bonds is 2. The maximum Gasteiger partial charge on any atom is 0.433 e. The van der Waals surface area contributed by atoms with Gasteiger partial charge in [0.15, 0.2) is 0 Å². The summed E-state index contributed by atoms with van der Waals surface area (Å²) in [5, 5.41) is 12.2. The standard InChI is InChI=1S/C9H9F3N2O2/c1-14-7(9(10,11)12)6(3-13-14)4-2-5(4)8(15)16/h3-5H,2H2,1H3,(H,15,16). The number of hydrogen-bond donors (Lipinski definition) is 1. The molecule has 0 saturated heterocycles. The third kappa shape index (κ3) is 1.66. The molecule has 1 aromatic rings. The summed E-state index contributed by atoms with van der Waals surface area (Å²) in [6.45, 7) is 0. The zero-order valence-electron chi connectivity index (χ0n) is 8.32. The van der Waals surface area contributed by atoms with Crippen LogP contribution in [0, 0.1) is 5.92 Å². The molecule has 1 fully saturated rings. The van der Waals surface area contributed by atoms with Gasteiger partial charge in [0.2, 0.25) is 0 Å². The van der Waals surface area contributed by atoms with Crippen molar-refractivity contribution in [2.75, 3.05) is 0 Å². The summed E-state index contributed by atoms with van der Waals surface area (Å²) in [5.41, 5.74) is -0.858. The smallest absolute Gasteiger partial charge is 0.433 e. The minimum absolute atomic E-state index is 0.0117. The van der Waals surface area contributed by atoms with Crippen LogP contribution in [0.5, 0.6) is 0 Å². The van der Waals surface area contributed by atoms with Gasteiger partial charge in [0.25, 0.3) is 0 Å². The fourth-order valence-corrected chi connectivity index (χ4v) is 1.88. The average molecular weight is 234 g/mol. The van der Waals surface area contributed by atoms with Crippen molar-refractivity contribution >= 4 is 5.97 Å². The Morgan fingerprint density at radius 2 is 2.25 bits per heavy atom. The molecule has 1 N–H and O–H groups in total. The summed E-state index contributed by atoms with van der Waals surface area (Å²) in [5.74, 6) is -2.31. The molecule has 16 heavy (non-hydrogen) atoms. The molecule has 4 nitrogen and oxygen atoms in total. The van der Waals surface area contributed by atoms with Crippen molar-refractivity contribution in [3.8, 4) is 0 Å². The second-order valence-electron chi connectivity index (χ2n) is 3.86. The van der Waals surface area contributed by atoms with E-state index < -0.39 is 29.7 Å². The Balaban J connectivity index is 2.34. The predicted molar refractivity (Wildman–Crippen MR) is 46.7 cm³/mol. The number of halogens is 3. The first kappa shape index (κ1) is 11.0. The largest absolute Gasteiger partial charge is 0.481 e. The van der Waals surface area contributed by atoms with Crippen LogP contribution < -0.4 is 0 Å². The Morgan fingerprint density at radius 1 is 1.62 bits per heavy atom. The molecule has 1 heterocycles. The molecule has 1 aliphatic carbocycles. The minimum atomic E-state index is -4.49. The molecule has 2 rings (SSSR count). The van der Waals surface area contributed by atoms with Crippen molar-refractivity contribution in [1.82, 2.24) is 9.78 Å². The zero-order valence-corrected chi connectivity index (χ0v) is 8.32. The van der Waals surface area contributed by atoms with Crippen LogP contribution in [-0.4, -0.2) is 20.9 Å². The Morgan fingerprint density at radius 3 is 2.69 bits per heavy atom. The van der Waals surface area contributed by atoms with E-state index in [9.17, 15) is 18.0 Å². The van der Waals surface area contributed by atoms with E-state index in [0.717, 1.165) is 10.9 Å². The highest BCUT2D eigenvalue weighted by Gasteiger charge is 2.50. The molecular weight excluding hydrogens is 225 g/mol. The number of aryl methyl sites for hydroxylation is 1. The molecule has 2 unspecified atom stereocenters. The number of carboxylic acids is 1. The fourth-order valence-electron chi connectivity index (χ4n) is 1.88. The highest BCUT2D eigenvalue weighted by atomic mass is 19.4. The Kier molecular flexibility index (Phi) is 2.21. The minimum Gasteiger partial charge on any atom is -0.481 e. The van der Waals surface area contributed by atoms with Crippen molar-refractivity contribution in [2.45, 2.75) is 18.5 Å². The van der Waals surface area contributed by atoms with Gasteiger partial charge in [-0.1, -0.05) is 0 Å². The van der Waals surface area contributed by atoms with Crippen LogP contribution in [0.3, 0.4) is 0 Å². The Hall–Kier alpha value is -1.53. The van der Waals surface area contributed by atoms with Crippen molar-refractivity contribution in [3.63, 3.8) is 0 Å². The van der Waals surface area contributed by atoms with Crippen LogP contribution in [0.4, 0.5) is 13.2 Å². The molecule has 2 atom stereocenters. The third-order valence-corrected chi connectivity index (χ3v) is 2.74. The van der Waals surface area contributed by atoms with E-state index in [1.165, 1.54) is 7.05 Å². The molecule has 1 aliphatic rings. The highest BCUT2D eigenvalue weighted by Crippen LogP contribution is 2.50. The van der Waals surface area contributed by atoms with Gasteiger partial charge >= 0.3 is 12.1 Å². The molecule has 0 aromatic carbocycles. The maximum atomic E-state index is 12.7. The van der Waals surface area contributed by atoms with E-state index in [1.54, 1.807) is 0 Å². The van der Waals surface area contributed by atoms with Crippen LogP contribution >= 0.6 is 0 Å². The fraction of sp³-hybridized carbons (Fsp3) is 0.556. The molecule has 1 aromatic heterocycles. The van der Waals surface area contributed by atoms with Gasteiger partial charge in [0, 0.05) is 18.5 Å². The summed E-state index contributed by atoms with van der Waals surface area (Å²) < 4.78 is 38.7. The molecule has 0 radical (unpaired) electrons. The molecule has 0 amide bonds. The monoisotopic (exact) mass is 234 g/mol. The summed E-state index contributed by atoms with van der Waals surface area (Å²) >= 11 is 0. The lowest BCUT2D eigenvalue weighted by Crippen LogP contribution is -2.14. The molecule has 88 valence electrons. The lowest BCUT2D eigenvalue weighted by Gasteiger charge is -2.09. The number of aromatic nitrogens is 2. The first-order valence-corrected chi connectivity index (χ1v) is 4.64. The van der Waals surface area contributed by atoms with Crippen LogP contribution in [0.25, 0.3) is 0 Å². The summed E-state index contributed by atoms with van der Waals surface area (Å²) in [6.07, 6.45) is -3.13. The van der Waals surface area contributed by atoms with Crippen LogP contribution in [0.2, 0.25) is 0 Å². The van der Waals surface area contributed by atoms with E-state index in [-0.39, 0.29) is 12.0 Å². The molecule has 0 spiro atoms. The topological polar surface area (TPSA) is 55.1 Å². The summed E-state index contributed by atoms with van der Waals surface area (Å²) in [6, 6.07) is 0. The predicted octanol–water partition coefficient (Wildman–Crippen LogP) is 1.63. The van der Waals surface area contributed by atoms with E-state index in [1.807, 2.05) is 0 Å². The lowest BCUT2D eigenvalue weighted by atomic mass is 10.1. The zero-order chi connectivity index (χ0) is 12.1. The molecule has 7 heteroatoms. The van der Waals surface area contributed by atoms with E-state index in [4.69, 9.17) is 5.11 Å². The number of carbonyl (C=O) groups is 1. The van der Waals surface area contributed by atoms with Gasteiger partial charge in [-0.3, -0.25) is 9.48 Å². The van der Waals surface area contributed by atoms with E-state index in [2.05, 4.69) is 5.10 Å². The van der Waals surface area contributed by atoms with Crippen LogP contribution in [0.1, 0.15) is 23.6 Å². The SMILES string of the molecule is Cn1ncc(C2CC2C(=O)O)c1C(F)(F)F. The van der Waals surface area contributed by atoms with Gasteiger partial charge in [-0.25, -0.2) is 0 Å². The van der Waals surface area contributed by atoms with Crippen molar-refractivity contribution in [2.24, 2.45) is 13.0 Å². The van der Waals surface area contributed by atoms with Crippen LogP contribution in [-0.2, 0) is 18.0 Å². The number of nitrogens with zero attached hydrogens (tertiary/aromatic N) is 2. The van der Waals surface area contributed by atoms with Gasteiger partial charge in [-0.2, -0.15) is 18.3 Å². The normalized spacial score (nSPS) is 24.5. The van der Waals surface area contributed by atoms with Crippen molar-refractivity contribution < 1.29 is 23.1 Å². The van der Waals surface area contributed by atoms with Crippen molar-refractivity contribution in [1.29, 1.82) is 0 Å². The second kappa shape index (κ2) is 3.23. The average Bonchev–Trinajstić information content (AvgIpc) is 2.82. The van der Waals surface area contributed by atoms with E-state index >= 15 is 0 Å². The lowest BCUT2D eigenvalue weighted by molar-refractivity contribution is -0.145. The second-order valence-corrected chi connectivity index (χ2v) is 3.86. The number of hydrogen-bond acceptors (Lipinski definition) is 2. The maximum absolute atomic E-state index is 12.7. The van der Waals surface area contributed by atoms with Crippen molar-refractivity contribution in [3.05, 3.63) is 17.5 Å². The third-order valence-electron chi connectivity index (χ3n) is 2.74. The first-order valence-electron chi connectivity index (χ1n) is 4.64. The number of aliphatic carboxylic acids is 1. The number of alkyl halides is 3. The first-order chi connectivity index (χ1) is 7.32. The molecule has 0 bridgehead atoms. The number of carboxylic acid groups (broad SMARTS) is 1. The summed E-state index contributed by atoms with van der Waals surface area (Å²) in [7, 11) is 1.20. The molecular formula is C9H9F3N2O2. The Labute approximate surface area is 88.7 Å². The van der Waals surface area contributed by atoms with Gasteiger partial charge in [-0.15, -0.1) is 0 Å². The van der Waals surface area contributed by atoms with Gasteiger partial charge in [0.05, 0.1) is 12.1 Å². The highest BCUT2D eigenvalue weighted by molar-refractivity contribution is 5.75. The van der Waals surface area contributed by atoms with Gasteiger partial charge in [-0.05, 0) is 6.42 Å². The Bertz CT molecular complexity index is 438. The summed E-state index contributed by atoms with van der Waals surface area (Å²) in [4.78, 5) is 10.6. The quantitative estimate of drug-likeness (QED) is 0.846. The van der Waals surface area contributed by atoms with Crippen LogP contribution in [0.15, 0.2) is 6.20 Å². The van der Waals surface area contributed by atoms with Gasteiger partial charge in [0.1, 0.15) is 5.69 Å². The molecule has 0 aliphatic heterocycles. The van der Waals surface area contributed by atoms with Gasteiger partial charge < -0.3 is 5.11 Å². The van der Waals surface area contributed by atoms with E-state index in [0.29, 0.717) is 0 Å². The molecule has 1 saturated carbocycles.